The molecule has 2 atom stereocenters. The van der Waals surface area contributed by atoms with Crippen LogP contribution in [0.2, 0.25) is 0 Å². The van der Waals surface area contributed by atoms with E-state index in [1.807, 2.05) is 0 Å². The zero-order chi connectivity index (χ0) is 14.0. The molecule has 1 fully saturated rings. The van der Waals surface area contributed by atoms with Gasteiger partial charge >= 0.3 is 0 Å². The van der Waals surface area contributed by atoms with Crippen LogP contribution in [-0.4, -0.2) is 15.9 Å². The minimum absolute atomic E-state index is 0.204. The monoisotopic (exact) mass is 265 g/mol. The molecule has 0 spiro atoms. The average Bonchev–Trinajstić information content (AvgIpc) is 2.74. The van der Waals surface area contributed by atoms with E-state index in [4.69, 9.17) is 0 Å². The van der Waals surface area contributed by atoms with Crippen molar-refractivity contribution in [2.24, 2.45) is 5.92 Å². The fourth-order valence-electron chi connectivity index (χ4n) is 2.46. The molecule has 1 aromatic carbocycles. The van der Waals surface area contributed by atoms with Crippen molar-refractivity contribution in [3.05, 3.63) is 38.4 Å². The fourth-order valence-corrected chi connectivity index (χ4v) is 2.46. The Morgan fingerprint density at radius 2 is 1.95 bits per heavy atom. The first kappa shape index (κ1) is 13.3. The van der Waals surface area contributed by atoms with Gasteiger partial charge in [0.1, 0.15) is 5.69 Å². The molecule has 7 heteroatoms. The predicted octanol–water partition coefficient (Wildman–Crippen LogP) is 3.10. The third-order valence-corrected chi connectivity index (χ3v) is 3.44. The van der Waals surface area contributed by atoms with Crippen molar-refractivity contribution in [1.29, 1.82) is 0 Å². The molecule has 0 aromatic heterocycles. The lowest BCUT2D eigenvalue weighted by Gasteiger charge is -2.13. The summed E-state index contributed by atoms with van der Waals surface area (Å²) < 4.78 is 0. The minimum atomic E-state index is -0.631. The first-order valence-corrected chi connectivity index (χ1v) is 6.16. The maximum Gasteiger partial charge on any atom is 0.299 e. The molecule has 102 valence electrons. The van der Waals surface area contributed by atoms with Crippen molar-refractivity contribution in [3.8, 4) is 0 Å². The minimum Gasteiger partial charge on any atom is -0.377 e. The van der Waals surface area contributed by atoms with Crippen LogP contribution in [0.3, 0.4) is 0 Å². The van der Waals surface area contributed by atoms with Gasteiger partial charge in [-0.3, -0.25) is 20.2 Å². The molecule has 0 amide bonds. The lowest BCUT2D eigenvalue weighted by atomic mass is 10.1. The quantitative estimate of drug-likeness (QED) is 0.666. The van der Waals surface area contributed by atoms with Gasteiger partial charge in [0.2, 0.25) is 0 Å². The molecule has 0 radical (unpaired) electrons. The van der Waals surface area contributed by atoms with Crippen molar-refractivity contribution < 1.29 is 9.85 Å². The molecule has 0 heterocycles. The van der Waals surface area contributed by atoms with Crippen molar-refractivity contribution in [2.75, 3.05) is 5.32 Å². The van der Waals surface area contributed by atoms with Crippen LogP contribution in [0.4, 0.5) is 17.1 Å². The smallest absolute Gasteiger partial charge is 0.299 e. The highest BCUT2D eigenvalue weighted by atomic mass is 16.6. The highest BCUT2D eigenvalue weighted by molar-refractivity contribution is 5.65. The Bertz CT molecular complexity index is 518. The van der Waals surface area contributed by atoms with E-state index in [1.54, 1.807) is 0 Å². The van der Waals surface area contributed by atoms with E-state index < -0.39 is 9.85 Å². The Morgan fingerprint density at radius 3 is 2.47 bits per heavy atom. The number of nitro groups is 2. The second-order valence-corrected chi connectivity index (χ2v) is 4.98. The number of nitrogens with zero attached hydrogens (tertiary/aromatic N) is 2. The molecule has 2 unspecified atom stereocenters. The Morgan fingerprint density at radius 1 is 1.21 bits per heavy atom. The van der Waals surface area contributed by atoms with Crippen LogP contribution >= 0.6 is 0 Å². The summed E-state index contributed by atoms with van der Waals surface area (Å²) in [6.45, 7) is 2.14. The number of hydrogen-bond acceptors (Lipinski definition) is 5. The lowest BCUT2D eigenvalue weighted by molar-refractivity contribution is -0.393. The van der Waals surface area contributed by atoms with E-state index >= 15 is 0 Å². The second-order valence-electron chi connectivity index (χ2n) is 4.98. The van der Waals surface area contributed by atoms with E-state index in [1.165, 1.54) is 12.1 Å². The molecule has 0 aliphatic heterocycles. The highest BCUT2D eigenvalue weighted by Crippen LogP contribution is 2.33. The van der Waals surface area contributed by atoms with Crippen LogP contribution in [0.25, 0.3) is 0 Å². The number of benzene rings is 1. The Balaban J connectivity index is 2.24. The first-order valence-electron chi connectivity index (χ1n) is 6.16. The van der Waals surface area contributed by atoms with Gasteiger partial charge in [-0.2, -0.15) is 0 Å². The molecule has 1 saturated carbocycles. The SMILES string of the molecule is CC1CCC(Nc2ccc([N+](=O)[O-])cc2[N+](=O)[O-])C1. The zero-order valence-electron chi connectivity index (χ0n) is 10.5. The van der Waals surface area contributed by atoms with Gasteiger partial charge in [0.15, 0.2) is 0 Å². The van der Waals surface area contributed by atoms with E-state index in [2.05, 4.69) is 12.2 Å². The third kappa shape index (κ3) is 2.98. The van der Waals surface area contributed by atoms with Gasteiger partial charge in [0, 0.05) is 12.1 Å². The summed E-state index contributed by atoms with van der Waals surface area (Å²) in [7, 11) is 0. The largest absolute Gasteiger partial charge is 0.377 e. The topological polar surface area (TPSA) is 98.3 Å². The van der Waals surface area contributed by atoms with Crippen LogP contribution < -0.4 is 5.32 Å². The summed E-state index contributed by atoms with van der Waals surface area (Å²) in [5.41, 5.74) is -0.152. The van der Waals surface area contributed by atoms with Crippen LogP contribution in [0.15, 0.2) is 18.2 Å². The predicted molar refractivity (Wildman–Crippen MR) is 70.2 cm³/mol. The molecule has 0 bridgehead atoms. The van der Waals surface area contributed by atoms with Crippen LogP contribution in [0.5, 0.6) is 0 Å². The van der Waals surface area contributed by atoms with Crippen molar-refractivity contribution in [2.45, 2.75) is 32.2 Å². The maximum absolute atomic E-state index is 11.0. The zero-order valence-corrected chi connectivity index (χ0v) is 10.5. The lowest BCUT2D eigenvalue weighted by Crippen LogP contribution is -2.16. The van der Waals surface area contributed by atoms with Gasteiger partial charge in [0.05, 0.1) is 15.9 Å². The number of nitrogens with one attached hydrogen (secondary N) is 1. The number of anilines is 1. The molecule has 1 aromatic rings. The van der Waals surface area contributed by atoms with E-state index in [0.717, 1.165) is 25.3 Å². The molecule has 2 rings (SSSR count). The van der Waals surface area contributed by atoms with E-state index in [9.17, 15) is 20.2 Å². The first-order chi connectivity index (χ1) is 8.97. The summed E-state index contributed by atoms with van der Waals surface area (Å²) >= 11 is 0. The van der Waals surface area contributed by atoms with Gasteiger partial charge in [-0.05, 0) is 31.2 Å². The van der Waals surface area contributed by atoms with Crippen LogP contribution in [0.1, 0.15) is 26.2 Å². The Hall–Kier alpha value is -2.18. The highest BCUT2D eigenvalue weighted by Gasteiger charge is 2.25. The molecule has 7 nitrogen and oxygen atoms in total. The third-order valence-electron chi connectivity index (χ3n) is 3.44. The number of non-ortho nitro benzene ring substituents is 1. The summed E-state index contributed by atoms with van der Waals surface area (Å²) in [5, 5.41) is 24.7. The summed E-state index contributed by atoms with van der Waals surface area (Å²) in [5.74, 6) is 0.606. The standard InChI is InChI=1S/C12H15N3O4/c1-8-2-3-9(6-8)13-11-5-4-10(14(16)17)7-12(11)15(18)19/h4-5,7-9,13H,2-3,6H2,1H3. The van der Waals surface area contributed by atoms with E-state index in [0.29, 0.717) is 11.6 Å². The van der Waals surface area contributed by atoms with Gasteiger partial charge in [0.25, 0.3) is 11.4 Å². The van der Waals surface area contributed by atoms with Gasteiger partial charge in [-0.25, -0.2) is 0 Å². The van der Waals surface area contributed by atoms with Gasteiger partial charge in [-0.15, -0.1) is 0 Å². The summed E-state index contributed by atoms with van der Waals surface area (Å²) in [6, 6.07) is 3.91. The van der Waals surface area contributed by atoms with Crippen LogP contribution in [-0.2, 0) is 0 Å². The van der Waals surface area contributed by atoms with Gasteiger partial charge in [-0.1, -0.05) is 6.92 Å². The van der Waals surface area contributed by atoms with Crippen molar-refractivity contribution in [3.63, 3.8) is 0 Å². The summed E-state index contributed by atoms with van der Waals surface area (Å²) in [6.07, 6.45) is 3.03. The number of rotatable bonds is 4. The van der Waals surface area contributed by atoms with E-state index in [-0.39, 0.29) is 17.4 Å². The van der Waals surface area contributed by atoms with Crippen LogP contribution in [0, 0.1) is 26.1 Å². The van der Waals surface area contributed by atoms with Crippen molar-refractivity contribution >= 4 is 17.1 Å². The second kappa shape index (κ2) is 5.21. The molecule has 1 aliphatic rings. The molecular formula is C12H15N3O4. The molecule has 1 N–H and O–H groups in total. The fraction of sp³-hybridized carbons (Fsp3) is 0.500. The summed E-state index contributed by atoms with van der Waals surface area (Å²) in [4.78, 5) is 20.4. The Labute approximate surface area is 109 Å². The normalized spacial score (nSPS) is 22.2. The molecule has 1 aliphatic carbocycles. The number of nitro benzene ring substituents is 2. The van der Waals surface area contributed by atoms with Crippen molar-refractivity contribution in [1.82, 2.24) is 0 Å². The molecule has 0 saturated heterocycles. The molecule has 19 heavy (non-hydrogen) atoms. The number of hydrogen-bond donors (Lipinski definition) is 1. The Kier molecular flexibility index (Phi) is 3.64. The molecular weight excluding hydrogens is 250 g/mol. The average molecular weight is 265 g/mol. The van der Waals surface area contributed by atoms with Gasteiger partial charge < -0.3 is 5.32 Å². The maximum atomic E-state index is 11.0.